The van der Waals surface area contributed by atoms with E-state index in [0.29, 0.717) is 37.7 Å². The van der Waals surface area contributed by atoms with E-state index in [1.807, 2.05) is 0 Å². The summed E-state index contributed by atoms with van der Waals surface area (Å²) in [6.45, 7) is 1.56. The topological polar surface area (TPSA) is 64.0 Å². The van der Waals surface area contributed by atoms with Gasteiger partial charge in [0.25, 0.3) is 0 Å². The highest BCUT2D eigenvalue weighted by Crippen LogP contribution is 2.33. The predicted molar refractivity (Wildman–Crippen MR) is 134 cm³/mol. The molecule has 5 nitrogen and oxygen atoms in total. The molecule has 4 rings (SSSR count). The maximum Gasteiger partial charge on any atom is 0.416 e. The lowest BCUT2D eigenvalue weighted by molar-refractivity contribution is -0.137. The molecule has 1 N–H and O–H groups in total. The fraction of sp³-hybridized carbons (Fsp3) is 0.125. The van der Waals surface area contributed by atoms with Gasteiger partial charge in [0.05, 0.1) is 39.1 Å². The van der Waals surface area contributed by atoms with Crippen LogP contribution in [0.25, 0.3) is 16.9 Å². The molecular formula is C24H17Cl3F3N3O2S. The van der Waals surface area contributed by atoms with Crippen molar-refractivity contribution in [2.24, 2.45) is 0 Å². The smallest absolute Gasteiger partial charge is 0.231 e. The van der Waals surface area contributed by atoms with Gasteiger partial charge in [-0.15, -0.1) is 0 Å². The van der Waals surface area contributed by atoms with Gasteiger partial charge in [-0.2, -0.15) is 18.3 Å². The quantitative estimate of drug-likeness (QED) is 0.263. The van der Waals surface area contributed by atoms with Crippen molar-refractivity contribution in [3.63, 3.8) is 0 Å². The van der Waals surface area contributed by atoms with Gasteiger partial charge in [0, 0.05) is 21.2 Å². The molecular weight excluding hydrogens is 558 g/mol. The van der Waals surface area contributed by atoms with E-state index < -0.39 is 21.8 Å². The maximum absolute atomic E-state index is 12.8. The standard InChI is InChI=1S/C24H17Cl3F3N3O2S/c1-14-21(13-31-36(34,35)19-9-4-16(5-10-19)24(28,29)30)32-33(22-11-8-18(26)12-20(22)27)23(14)15-2-6-17(25)7-3-15/h2-12,31H,13H2,1H3. The van der Waals surface area contributed by atoms with Gasteiger partial charge in [0.2, 0.25) is 10.0 Å². The Morgan fingerprint density at radius 3 is 2.11 bits per heavy atom. The number of benzene rings is 3. The number of sulfonamides is 1. The van der Waals surface area contributed by atoms with E-state index in [2.05, 4.69) is 9.82 Å². The Hall–Kier alpha value is -2.56. The number of nitrogens with zero attached hydrogens (tertiary/aromatic N) is 2. The first kappa shape index (κ1) is 26.5. The lowest BCUT2D eigenvalue weighted by Crippen LogP contribution is -2.24. The van der Waals surface area contributed by atoms with Crippen molar-refractivity contribution in [2.45, 2.75) is 24.5 Å². The minimum atomic E-state index is -4.57. The van der Waals surface area contributed by atoms with Gasteiger partial charge in [0.1, 0.15) is 0 Å². The predicted octanol–water partition coefficient (Wildman–Crippen LogP) is 7.31. The van der Waals surface area contributed by atoms with Crippen molar-refractivity contribution in [2.75, 3.05) is 0 Å². The molecule has 0 saturated heterocycles. The molecule has 0 saturated carbocycles. The molecule has 0 aliphatic carbocycles. The number of hydrogen-bond donors (Lipinski definition) is 1. The maximum atomic E-state index is 12.8. The van der Waals surface area contributed by atoms with Crippen LogP contribution < -0.4 is 4.72 Å². The van der Waals surface area contributed by atoms with Gasteiger partial charge in [-0.25, -0.2) is 17.8 Å². The van der Waals surface area contributed by atoms with Crippen LogP contribution in [0.4, 0.5) is 13.2 Å². The van der Waals surface area contributed by atoms with Crippen LogP contribution in [-0.2, 0) is 22.7 Å². The zero-order valence-electron chi connectivity index (χ0n) is 18.4. The molecule has 0 bridgehead atoms. The van der Waals surface area contributed by atoms with Gasteiger partial charge >= 0.3 is 6.18 Å². The normalized spacial score (nSPS) is 12.2. The zero-order valence-corrected chi connectivity index (χ0v) is 21.5. The molecule has 0 aliphatic heterocycles. The molecule has 188 valence electrons. The summed E-state index contributed by atoms with van der Waals surface area (Å²) < 4.78 is 68.0. The van der Waals surface area contributed by atoms with Crippen molar-refractivity contribution in [3.05, 3.63) is 98.6 Å². The van der Waals surface area contributed by atoms with E-state index in [1.165, 1.54) is 0 Å². The molecule has 1 heterocycles. The zero-order chi connectivity index (χ0) is 26.3. The molecule has 0 spiro atoms. The van der Waals surface area contributed by atoms with Gasteiger partial charge in [-0.05, 0) is 61.5 Å². The third-order valence-electron chi connectivity index (χ3n) is 5.40. The third-order valence-corrected chi connectivity index (χ3v) is 7.60. The van der Waals surface area contributed by atoms with Crippen molar-refractivity contribution >= 4 is 44.8 Å². The second-order valence-corrected chi connectivity index (χ2v) is 10.8. The van der Waals surface area contributed by atoms with Crippen LogP contribution in [0.2, 0.25) is 15.1 Å². The summed E-state index contributed by atoms with van der Waals surface area (Å²) in [4.78, 5) is -0.300. The number of halogens is 6. The fourth-order valence-corrected chi connectivity index (χ4v) is 5.16. The Kier molecular flexibility index (Phi) is 7.41. The van der Waals surface area contributed by atoms with E-state index in [0.717, 1.165) is 29.8 Å². The van der Waals surface area contributed by atoms with E-state index in [-0.39, 0.29) is 11.4 Å². The summed E-state index contributed by atoms with van der Waals surface area (Å²) in [6, 6.07) is 15.2. The Morgan fingerprint density at radius 1 is 0.917 bits per heavy atom. The van der Waals surface area contributed by atoms with Crippen molar-refractivity contribution in [1.29, 1.82) is 0 Å². The van der Waals surface area contributed by atoms with Gasteiger partial charge in [-0.1, -0.05) is 46.9 Å². The second-order valence-electron chi connectivity index (χ2n) is 7.78. The minimum absolute atomic E-state index is 0.214. The van der Waals surface area contributed by atoms with E-state index in [1.54, 1.807) is 54.1 Å². The number of aromatic nitrogens is 2. The van der Waals surface area contributed by atoms with E-state index >= 15 is 0 Å². The van der Waals surface area contributed by atoms with Crippen LogP contribution in [0.15, 0.2) is 71.6 Å². The Labute approximate surface area is 220 Å². The summed E-state index contributed by atoms with van der Waals surface area (Å²) in [7, 11) is -4.12. The molecule has 0 fully saturated rings. The number of hydrogen-bond acceptors (Lipinski definition) is 3. The minimum Gasteiger partial charge on any atom is -0.231 e. The average Bonchev–Trinajstić information content (AvgIpc) is 3.14. The van der Waals surface area contributed by atoms with E-state index in [9.17, 15) is 21.6 Å². The molecule has 3 aromatic carbocycles. The molecule has 12 heteroatoms. The van der Waals surface area contributed by atoms with Crippen LogP contribution in [0.5, 0.6) is 0 Å². The van der Waals surface area contributed by atoms with E-state index in [4.69, 9.17) is 34.8 Å². The van der Waals surface area contributed by atoms with Crippen LogP contribution in [0.3, 0.4) is 0 Å². The molecule has 0 aliphatic rings. The van der Waals surface area contributed by atoms with Crippen LogP contribution in [-0.4, -0.2) is 18.2 Å². The molecule has 36 heavy (non-hydrogen) atoms. The summed E-state index contributed by atoms with van der Waals surface area (Å²) in [5.74, 6) is 0. The summed E-state index contributed by atoms with van der Waals surface area (Å²) in [5, 5.41) is 5.90. The van der Waals surface area contributed by atoms with Crippen molar-refractivity contribution in [3.8, 4) is 16.9 Å². The first-order chi connectivity index (χ1) is 16.9. The van der Waals surface area contributed by atoms with Crippen molar-refractivity contribution in [1.82, 2.24) is 14.5 Å². The molecule has 0 unspecified atom stereocenters. The first-order valence-electron chi connectivity index (χ1n) is 10.3. The number of nitrogens with one attached hydrogen (secondary N) is 1. The SMILES string of the molecule is Cc1c(CNS(=O)(=O)c2ccc(C(F)(F)F)cc2)nn(-c2ccc(Cl)cc2Cl)c1-c1ccc(Cl)cc1. The number of alkyl halides is 3. The third kappa shape index (κ3) is 5.55. The molecule has 4 aromatic rings. The van der Waals surface area contributed by atoms with Crippen LogP contribution >= 0.6 is 34.8 Å². The van der Waals surface area contributed by atoms with Gasteiger partial charge in [-0.3, -0.25) is 0 Å². The van der Waals surface area contributed by atoms with Gasteiger partial charge < -0.3 is 0 Å². The number of rotatable bonds is 6. The lowest BCUT2D eigenvalue weighted by Gasteiger charge is -2.11. The summed E-state index contributed by atoms with van der Waals surface area (Å²) >= 11 is 18.5. The molecule has 1 aromatic heterocycles. The van der Waals surface area contributed by atoms with Crippen LogP contribution in [0, 0.1) is 6.92 Å². The fourth-order valence-electron chi connectivity index (χ4n) is 3.55. The highest BCUT2D eigenvalue weighted by Gasteiger charge is 2.30. The highest BCUT2D eigenvalue weighted by molar-refractivity contribution is 7.89. The molecule has 0 atom stereocenters. The van der Waals surface area contributed by atoms with Gasteiger partial charge in [0.15, 0.2) is 0 Å². The summed E-state index contributed by atoms with van der Waals surface area (Å²) in [6.07, 6.45) is -4.57. The molecule has 0 amide bonds. The largest absolute Gasteiger partial charge is 0.416 e. The Morgan fingerprint density at radius 2 is 1.53 bits per heavy atom. The Balaban J connectivity index is 1.71. The summed E-state index contributed by atoms with van der Waals surface area (Å²) in [5.41, 5.74) is 2.04. The lowest BCUT2D eigenvalue weighted by atomic mass is 10.1. The molecule has 0 radical (unpaired) electrons. The Bertz CT molecular complexity index is 1520. The highest BCUT2D eigenvalue weighted by atomic mass is 35.5. The van der Waals surface area contributed by atoms with Crippen molar-refractivity contribution < 1.29 is 21.6 Å². The average molecular weight is 575 g/mol. The second kappa shape index (κ2) is 10.1. The van der Waals surface area contributed by atoms with Crippen LogP contribution in [0.1, 0.15) is 16.8 Å². The first-order valence-corrected chi connectivity index (χ1v) is 13.0. The monoisotopic (exact) mass is 573 g/mol.